The third-order valence-corrected chi connectivity index (χ3v) is 7.48. The van der Waals surface area contributed by atoms with Crippen LogP contribution in [0.5, 0.6) is 0 Å². The molecule has 0 atom stereocenters. The van der Waals surface area contributed by atoms with Crippen molar-refractivity contribution in [2.24, 2.45) is 0 Å². The molecule has 32 heavy (non-hydrogen) atoms. The Balaban J connectivity index is 1.71. The van der Waals surface area contributed by atoms with Gasteiger partial charge in [0, 0.05) is 37.2 Å². The van der Waals surface area contributed by atoms with Gasteiger partial charge in [-0.1, -0.05) is 35.3 Å². The number of halogens is 2. The van der Waals surface area contributed by atoms with Crippen molar-refractivity contribution in [1.29, 1.82) is 0 Å². The molecule has 1 aliphatic rings. The summed E-state index contributed by atoms with van der Waals surface area (Å²) in [4.78, 5) is 26.7. The van der Waals surface area contributed by atoms with E-state index in [1.807, 2.05) is 13.8 Å². The lowest BCUT2D eigenvalue weighted by Crippen LogP contribution is -2.50. The van der Waals surface area contributed by atoms with Gasteiger partial charge in [0.2, 0.25) is 10.0 Å². The van der Waals surface area contributed by atoms with Gasteiger partial charge < -0.3 is 15.5 Å². The highest BCUT2D eigenvalue weighted by Gasteiger charge is 2.32. The third-order valence-electron chi connectivity index (χ3n) is 4.86. The van der Waals surface area contributed by atoms with E-state index in [9.17, 15) is 18.0 Å². The number of urea groups is 1. The summed E-state index contributed by atoms with van der Waals surface area (Å²) in [5.74, 6) is -0.289. The Kier molecular flexibility index (Phi) is 7.66. The van der Waals surface area contributed by atoms with Crippen LogP contribution < -0.4 is 10.6 Å². The second-order valence-electron chi connectivity index (χ2n) is 7.57. The molecule has 11 heteroatoms. The summed E-state index contributed by atoms with van der Waals surface area (Å²) in [6.07, 6.45) is 0. The fourth-order valence-corrected chi connectivity index (χ4v) is 5.47. The molecule has 3 rings (SSSR count). The van der Waals surface area contributed by atoms with Crippen LogP contribution in [0.15, 0.2) is 47.4 Å². The second kappa shape index (κ2) is 10.1. The zero-order valence-electron chi connectivity index (χ0n) is 17.6. The maximum Gasteiger partial charge on any atom is 0.319 e. The molecular weight excluding hydrogens is 475 g/mol. The molecule has 1 heterocycles. The molecule has 0 unspecified atom stereocenters. The molecule has 1 fully saturated rings. The Morgan fingerprint density at radius 3 is 2.31 bits per heavy atom. The Bertz CT molecular complexity index is 1120. The number of para-hydroxylation sites is 1. The van der Waals surface area contributed by atoms with Crippen LogP contribution in [0.1, 0.15) is 24.2 Å². The molecular formula is C21H24Cl2N4O4S. The number of hydrogen-bond acceptors (Lipinski definition) is 4. The van der Waals surface area contributed by atoms with E-state index in [-0.39, 0.29) is 53.1 Å². The lowest BCUT2D eigenvalue weighted by atomic mass is 10.1. The number of amides is 3. The average Bonchev–Trinajstić information content (AvgIpc) is 2.74. The second-order valence-corrected chi connectivity index (χ2v) is 10.3. The number of sulfonamides is 1. The number of nitrogens with one attached hydrogen (secondary N) is 2. The van der Waals surface area contributed by atoms with Crippen molar-refractivity contribution in [2.75, 3.05) is 31.5 Å². The minimum atomic E-state index is -3.85. The fraction of sp³-hybridized carbons (Fsp3) is 0.333. The smallest absolute Gasteiger partial charge is 0.319 e. The topological polar surface area (TPSA) is 98.8 Å². The Hall–Kier alpha value is -2.33. The van der Waals surface area contributed by atoms with Gasteiger partial charge in [-0.05, 0) is 44.2 Å². The summed E-state index contributed by atoms with van der Waals surface area (Å²) in [7, 11) is -3.85. The molecule has 1 saturated heterocycles. The van der Waals surface area contributed by atoms with Crippen molar-refractivity contribution in [2.45, 2.75) is 24.8 Å². The minimum absolute atomic E-state index is 0.0547. The van der Waals surface area contributed by atoms with E-state index in [0.29, 0.717) is 11.3 Å². The summed E-state index contributed by atoms with van der Waals surface area (Å²) in [6.45, 7) is 4.29. The summed E-state index contributed by atoms with van der Waals surface area (Å²) >= 11 is 12.0. The van der Waals surface area contributed by atoms with Gasteiger partial charge >= 0.3 is 6.03 Å². The van der Waals surface area contributed by atoms with Gasteiger partial charge in [-0.25, -0.2) is 13.2 Å². The van der Waals surface area contributed by atoms with E-state index < -0.39 is 16.1 Å². The first-order valence-electron chi connectivity index (χ1n) is 10.0. The number of rotatable bonds is 5. The monoisotopic (exact) mass is 498 g/mol. The van der Waals surface area contributed by atoms with Gasteiger partial charge in [-0.15, -0.1) is 0 Å². The van der Waals surface area contributed by atoms with Crippen LogP contribution in [-0.2, 0) is 10.0 Å². The number of piperazine rings is 1. The van der Waals surface area contributed by atoms with Gasteiger partial charge in [0.05, 0.1) is 16.3 Å². The maximum absolute atomic E-state index is 13.1. The van der Waals surface area contributed by atoms with E-state index >= 15 is 0 Å². The van der Waals surface area contributed by atoms with E-state index in [1.165, 1.54) is 22.5 Å². The number of nitrogens with zero attached hydrogens (tertiary/aromatic N) is 2. The van der Waals surface area contributed by atoms with Crippen molar-refractivity contribution in [3.8, 4) is 0 Å². The first-order chi connectivity index (χ1) is 15.1. The summed E-state index contributed by atoms with van der Waals surface area (Å²) < 4.78 is 27.3. The van der Waals surface area contributed by atoms with Crippen molar-refractivity contribution < 1.29 is 18.0 Å². The fourth-order valence-electron chi connectivity index (χ4n) is 3.32. The number of anilines is 1. The minimum Gasteiger partial charge on any atom is -0.336 e. The number of hydrogen-bond donors (Lipinski definition) is 2. The molecule has 0 bridgehead atoms. The number of benzene rings is 2. The molecule has 172 valence electrons. The lowest BCUT2D eigenvalue weighted by molar-refractivity contribution is 0.0699. The van der Waals surface area contributed by atoms with Crippen LogP contribution in [0.25, 0.3) is 0 Å². The highest BCUT2D eigenvalue weighted by molar-refractivity contribution is 7.89. The molecule has 3 amide bonds. The highest BCUT2D eigenvalue weighted by atomic mass is 35.5. The van der Waals surface area contributed by atoms with E-state index in [1.54, 1.807) is 29.2 Å². The quantitative estimate of drug-likeness (QED) is 0.656. The number of carbonyl (C=O) groups is 2. The molecule has 0 aliphatic carbocycles. The molecule has 0 aromatic heterocycles. The Labute approximate surface area is 197 Å². The number of carbonyl (C=O) groups excluding carboxylic acids is 2. The Morgan fingerprint density at radius 2 is 1.66 bits per heavy atom. The predicted octanol–water partition coefficient (Wildman–Crippen LogP) is 3.67. The van der Waals surface area contributed by atoms with Crippen LogP contribution >= 0.6 is 23.2 Å². The average molecular weight is 499 g/mol. The van der Waals surface area contributed by atoms with Gasteiger partial charge in [0.15, 0.2) is 0 Å². The van der Waals surface area contributed by atoms with Crippen LogP contribution in [0, 0.1) is 0 Å². The van der Waals surface area contributed by atoms with Crippen molar-refractivity contribution in [3.63, 3.8) is 0 Å². The van der Waals surface area contributed by atoms with Crippen molar-refractivity contribution in [3.05, 3.63) is 58.1 Å². The normalized spacial score (nSPS) is 15.0. The van der Waals surface area contributed by atoms with Crippen LogP contribution in [-0.4, -0.2) is 61.8 Å². The molecule has 0 spiro atoms. The molecule has 8 nitrogen and oxygen atoms in total. The summed E-state index contributed by atoms with van der Waals surface area (Å²) in [6, 6.07) is 10.5. The van der Waals surface area contributed by atoms with Crippen LogP contribution in [0.2, 0.25) is 10.0 Å². The molecule has 2 N–H and O–H groups in total. The van der Waals surface area contributed by atoms with Gasteiger partial charge in [0.25, 0.3) is 5.91 Å². The van der Waals surface area contributed by atoms with Crippen LogP contribution in [0.3, 0.4) is 0 Å². The molecule has 1 aliphatic heterocycles. The van der Waals surface area contributed by atoms with Crippen molar-refractivity contribution >= 4 is 50.9 Å². The standard InChI is InChI=1S/C21H24Cl2N4O4S/c1-14(2)24-21(29)25-18-6-4-3-5-16(18)20(28)26-9-11-27(12-10-26)32(30,31)19-13-15(22)7-8-17(19)23/h3-8,13-14H,9-12H2,1-2H3,(H2,24,25,29). The van der Waals surface area contributed by atoms with E-state index in [0.717, 1.165) is 0 Å². The predicted molar refractivity (Wildman–Crippen MR) is 125 cm³/mol. The first-order valence-corrected chi connectivity index (χ1v) is 12.2. The van der Waals surface area contributed by atoms with Gasteiger partial charge in [0.1, 0.15) is 4.90 Å². The molecule has 0 saturated carbocycles. The Morgan fingerprint density at radius 1 is 1.00 bits per heavy atom. The SMILES string of the molecule is CC(C)NC(=O)Nc1ccccc1C(=O)N1CCN(S(=O)(=O)c2cc(Cl)ccc2Cl)CC1. The lowest BCUT2D eigenvalue weighted by Gasteiger charge is -2.34. The zero-order valence-corrected chi connectivity index (χ0v) is 20.0. The van der Waals surface area contributed by atoms with E-state index in [2.05, 4.69) is 10.6 Å². The summed E-state index contributed by atoms with van der Waals surface area (Å²) in [5, 5.41) is 5.77. The van der Waals surface area contributed by atoms with E-state index in [4.69, 9.17) is 23.2 Å². The van der Waals surface area contributed by atoms with Crippen molar-refractivity contribution in [1.82, 2.24) is 14.5 Å². The largest absolute Gasteiger partial charge is 0.336 e. The van der Waals surface area contributed by atoms with Crippen LogP contribution in [0.4, 0.5) is 10.5 Å². The highest BCUT2D eigenvalue weighted by Crippen LogP contribution is 2.28. The zero-order chi connectivity index (χ0) is 23.5. The van der Waals surface area contributed by atoms with Gasteiger partial charge in [-0.2, -0.15) is 4.31 Å². The molecule has 2 aromatic carbocycles. The maximum atomic E-state index is 13.1. The molecule has 2 aromatic rings. The molecule has 0 radical (unpaired) electrons. The summed E-state index contributed by atoms with van der Waals surface area (Å²) in [5.41, 5.74) is 0.719. The van der Waals surface area contributed by atoms with Gasteiger partial charge in [-0.3, -0.25) is 4.79 Å². The first kappa shape index (κ1) is 24.3. The third kappa shape index (κ3) is 5.53.